The highest BCUT2D eigenvalue weighted by atomic mass is 16.6. The Labute approximate surface area is 248 Å². The van der Waals surface area contributed by atoms with Crippen molar-refractivity contribution in [1.29, 1.82) is 0 Å². The van der Waals surface area contributed by atoms with Gasteiger partial charge in [-0.1, -0.05) is 6.07 Å². The lowest BCUT2D eigenvalue weighted by Crippen LogP contribution is -2.41. The minimum Gasteiger partial charge on any atom is -0.494 e. The highest BCUT2D eigenvalue weighted by Crippen LogP contribution is 2.32. The summed E-state index contributed by atoms with van der Waals surface area (Å²) in [7, 11) is 0. The number of amides is 2. The number of fused-ring (bicyclic) bond motifs is 1. The molecule has 0 bridgehead atoms. The van der Waals surface area contributed by atoms with Crippen molar-refractivity contribution < 1.29 is 24.0 Å². The number of likely N-dealkylation sites (tertiary alicyclic amines) is 1. The first-order valence-electron chi connectivity index (χ1n) is 14.2. The summed E-state index contributed by atoms with van der Waals surface area (Å²) in [5, 5.41) is 18.7. The number of nitrogens with one attached hydrogen (secondary N) is 1. The standard InChI is InChI=1S/C31H34N6O6/c1-5-42-24-11-9-20(10-12-24)26-18-27-33-28(21-13-15-35(16-14-21)30(39)43-31(2,3)4)25(19-36(27)34-26)29(38)32-22-7-6-8-23(17-22)37(40)41/h6-12,17-19,21H,5,13-16H2,1-4H3,(H,32,38). The van der Waals surface area contributed by atoms with Crippen molar-refractivity contribution >= 4 is 29.0 Å². The summed E-state index contributed by atoms with van der Waals surface area (Å²) in [6.45, 7) is 8.89. The predicted octanol–water partition coefficient (Wildman–Crippen LogP) is 6.07. The zero-order valence-corrected chi connectivity index (χ0v) is 24.6. The van der Waals surface area contributed by atoms with Crippen LogP contribution in [-0.2, 0) is 4.74 Å². The molecule has 1 aliphatic rings. The van der Waals surface area contributed by atoms with Crippen molar-refractivity contribution in [1.82, 2.24) is 19.5 Å². The zero-order valence-electron chi connectivity index (χ0n) is 24.6. The van der Waals surface area contributed by atoms with E-state index in [0.717, 1.165) is 11.3 Å². The second kappa shape index (κ2) is 12.1. The Morgan fingerprint density at radius 1 is 1.09 bits per heavy atom. The Morgan fingerprint density at radius 3 is 2.47 bits per heavy atom. The quantitative estimate of drug-likeness (QED) is 0.203. The van der Waals surface area contributed by atoms with E-state index in [1.807, 2.05) is 58.0 Å². The van der Waals surface area contributed by atoms with Gasteiger partial charge in [-0.05, 0) is 70.9 Å². The number of nitrogens with zero attached hydrogens (tertiary/aromatic N) is 5. The van der Waals surface area contributed by atoms with Gasteiger partial charge in [0.05, 0.1) is 28.5 Å². The number of nitro groups is 1. The fraction of sp³-hybridized carbons (Fsp3) is 0.355. The lowest BCUT2D eigenvalue weighted by molar-refractivity contribution is -0.384. The average molecular weight is 587 g/mol. The third-order valence-corrected chi connectivity index (χ3v) is 7.03. The van der Waals surface area contributed by atoms with Gasteiger partial charge in [-0.2, -0.15) is 5.10 Å². The zero-order chi connectivity index (χ0) is 30.7. The van der Waals surface area contributed by atoms with E-state index < -0.39 is 16.4 Å². The molecule has 2 amide bonds. The largest absolute Gasteiger partial charge is 0.494 e. The number of rotatable bonds is 7. The maximum atomic E-state index is 13.6. The molecule has 43 heavy (non-hydrogen) atoms. The molecule has 12 heteroatoms. The van der Waals surface area contributed by atoms with E-state index in [1.165, 1.54) is 18.2 Å². The lowest BCUT2D eigenvalue weighted by Gasteiger charge is -2.33. The van der Waals surface area contributed by atoms with Crippen LogP contribution in [0.3, 0.4) is 0 Å². The molecule has 0 saturated carbocycles. The van der Waals surface area contributed by atoms with Gasteiger partial charge in [0.2, 0.25) is 0 Å². The van der Waals surface area contributed by atoms with E-state index in [0.29, 0.717) is 60.8 Å². The van der Waals surface area contributed by atoms with Crippen LogP contribution in [0.4, 0.5) is 16.2 Å². The molecule has 0 unspecified atom stereocenters. The van der Waals surface area contributed by atoms with Crippen LogP contribution >= 0.6 is 0 Å². The van der Waals surface area contributed by atoms with E-state index >= 15 is 0 Å². The van der Waals surface area contributed by atoms with E-state index in [9.17, 15) is 19.7 Å². The number of piperidine rings is 1. The number of aromatic nitrogens is 3. The van der Waals surface area contributed by atoms with Crippen LogP contribution in [0.5, 0.6) is 5.75 Å². The number of carbonyl (C=O) groups excluding carboxylic acids is 2. The molecule has 4 aromatic rings. The van der Waals surface area contributed by atoms with Crippen LogP contribution in [-0.4, -0.2) is 61.7 Å². The third kappa shape index (κ3) is 6.91. The van der Waals surface area contributed by atoms with Crippen molar-refractivity contribution in [2.75, 3.05) is 25.0 Å². The second-order valence-electron chi connectivity index (χ2n) is 11.3. The molecule has 2 aromatic carbocycles. The number of nitro benzene ring substituents is 1. The molecular weight excluding hydrogens is 552 g/mol. The Morgan fingerprint density at radius 2 is 1.81 bits per heavy atom. The smallest absolute Gasteiger partial charge is 0.410 e. The van der Waals surface area contributed by atoms with E-state index in [-0.39, 0.29) is 17.7 Å². The fourth-order valence-electron chi connectivity index (χ4n) is 5.01. The van der Waals surface area contributed by atoms with Gasteiger partial charge in [0.25, 0.3) is 11.6 Å². The van der Waals surface area contributed by atoms with Gasteiger partial charge in [0.1, 0.15) is 11.4 Å². The number of non-ortho nitro benzene ring substituents is 1. The number of hydrogen-bond donors (Lipinski definition) is 1. The number of hydrogen-bond acceptors (Lipinski definition) is 8. The topological polar surface area (TPSA) is 141 Å². The Hall–Kier alpha value is -5.00. The highest BCUT2D eigenvalue weighted by molar-refractivity contribution is 6.05. The predicted molar refractivity (Wildman–Crippen MR) is 160 cm³/mol. The first-order valence-corrected chi connectivity index (χ1v) is 14.2. The molecule has 3 heterocycles. The van der Waals surface area contributed by atoms with Gasteiger partial charge in [-0.15, -0.1) is 0 Å². The summed E-state index contributed by atoms with van der Waals surface area (Å²) in [5.74, 6) is 0.184. The summed E-state index contributed by atoms with van der Waals surface area (Å²) in [5.41, 5.74) is 2.56. The Balaban J connectivity index is 1.47. The van der Waals surface area contributed by atoms with Gasteiger partial charge in [-0.25, -0.2) is 14.3 Å². The first kappa shape index (κ1) is 29.5. The molecule has 1 saturated heterocycles. The number of benzene rings is 2. The average Bonchev–Trinajstić information content (AvgIpc) is 3.39. The number of carbonyl (C=O) groups is 2. The Bertz CT molecular complexity index is 1650. The third-order valence-electron chi connectivity index (χ3n) is 7.03. The molecule has 5 rings (SSSR count). The molecular formula is C31H34N6O6. The van der Waals surface area contributed by atoms with E-state index in [1.54, 1.807) is 21.7 Å². The molecule has 0 atom stereocenters. The van der Waals surface area contributed by atoms with Crippen molar-refractivity contribution in [2.24, 2.45) is 0 Å². The molecule has 0 radical (unpaired) electrons. The molecule has 224 valence electrons. The lowest BCUT2D eigenvalue weighted by atomic mass is 9.90. The van der Waals surface area contributed by atoms with Gasteiger partial charge in [-0.3, -0.25) is 14.9 Å². The summed E-state index contributed by atoms with van der Waals surface area (Å²) in [6.07, 6.45) is 2.44. The molecule has 12 nitrogen and oxygen atoms in total. The van der Waals surface area contributed by atoms with Crippen LogP contribution < -0.4 is 10.1 Å². The first-order chi connectivity index (χ1) is 20.5. The molecule has 0 spiro atoms. The van der Waals surface area contributed by atoms with Crippen molar-refractivity contribution in [3.05, 3.63) is 82.2 Å². The molecule has 0 aliphatic carbocycles. The number of anilines is 1. The molecule has 1 fully saturated rings. The molecule has 1 N–H and O–H groups in total. The fourth-order valence-corrected chi connectivity index (χ4v) is 5.01. The van der Waals surface area contributed by atoms with Gasteiger partial charge in [0.15, 0.2) is 5.65 Å². The van der Waals surface area contributed by atoms with Crippen LogP contribution in [0, 0.1) is 10.1 Å². The molecule has 2 aromatic heterocycles. The Kier molecular flexibility index (Phi) is 8.29. The van der Waals surface area contributed by atoms with E-state index in [4.69, 9.17) is 14.5 Å². The summed E-state index contributed by atoms with van der Waals surface area (Å²) >= 11 is 0. The van der Waals surface area contributed by atoms with Gasteiger partial charge >= 0.3 is 6.09 Å². The summed E-state index contributed by atoms with van der Waals surface area (Å²) in [4.78, 5) is 43.6. The van der Waals surface area contributed by atoms with Crippen molar-refractivity contribution in [3.8, 4) is 17.0 Å². The maximum Gasteiger partial charge on any atom is 0.410 e. The monoisotopic (exact) mass is 586 g/mol. The maximum absolute atomic E-state index is 13.6. The van der Waals surface area contributed by atoms with Crippen LogP contribution in [0.15, 0.2) is 60.8 Å². The van der Waals surface area contributed by atoms with Gasteiger partial charge in [0, 0.05) is 54.7 Å². The van der Waals surface area contributed by atoms with Crippen LogP contribution in [0.25, 0.3) is 16.9 Å². The normalized spacial score (nSPS) is 14.0. The number of ether oxygens (including phenoxy) is 2. The van der Waals surface area contributed by atoms with E-state index in [2.05, 4.69) is 10.4 Å². The minimum absolute atomic E-state index is 0.113. The highest BCUT2D eigenvalue weighted by Gasteiger charge is 2.31. The minimum atomic E-state index is -0.596. The summed E-state index contributed by atoms with van der Waals surface area (Å²) in [6, 6.07) is 15.2. The van der Waals surface area contributed by atoms with Crippen LogP contribution in [0.2, 0.25) is 0 Å². The van der Waals surface area contributed by atoms with Crippen molar-refractivity contribution in [2.45, 2.75) is 52.1 Å². The summed E-state index contributed by atoms with van der Waals surface area (Å²) < 4.78 is 12.6. The SMILES string of the molecule is CCOc1ccc(-c2cc3nc(C4CCN(C(=O)OC(C)(C)C)CC4)c(C(=O)Nc4cccc([N+](=O)[O-])c4)cn3n2)cc1. The van der Waals surface area contributed by atoms with Crippen LogP contribution in [0.1, 0.15) is 62.5 Å². The molecule has 1 aliphatic heterocycles. The second-order valence-corrected chi connectivity index (χ2v) is 11.3. The van der Waals surface area contributed by atoms with Gasteiger partial charge < -0.3 is 19.7 Å². The van der Waals surface area contributed by atoms with Crippen molar-refractivity contribution in [3.63, 3.8) is 0 Å².